The van der Waals surface area contributed by atoms with Crippen molar-refractivity contribution in [3.05, 3.63) is 0 Å². The molecular weight excluding hydrogens is 184 g/mol. The van der Waals surface area contributed by atoms with Crippen LogP contribution >= 0.6 is 0 Å². The summed E-state index contributed by atoms with van der Waals surface area (Å²) in [4.78, 5) is 11.1. The number of hydrogen-bond donors (Lipinski definition) is 4. The van der Waals surface area contributed by atoms with E-state index < -0.39 is 0 Å². The molecule has 0 aliphatic heterocycles. The van der Waals surface area contributed by atoms with Crippen LogP contribution in [0.2, 0.25) is 0 Å². The molecular formula is C8H18N4O2. The Kier molecular flexibility index (Phi) is 7.53. The summed E-state index contributed by atoms with van der Waals surface area (Å²) < 4.78 is 0. The molecule has 82 valence electrons. The molecule has 6 heteroatoms. The van der Waals surface area contributed by atoms with Gasteiger partial charge in [-0.15, -0.1) is 0 Å². The predicted molar refractivity (Wildman–Crippen MR) is 54.2 cm³/mol. The van der Waals surface area contributed by atoms with Crippen LogP contribution in [-0.2, 0) is 4.79 Å². The molecule has 0 heterocycles. The lowest BCUT2D eigenvalue weighted by atomic mass is 10.3. The summed E-state index contributed by atoms with van der Waals surface area (Å²) in [5, 5.41) is 16.6. The Bertz CT molecular complexity index is 194. The fourth-order valence-corrected chi connectivity index (χ4v) is 0.807. The van der Waals surface area contributed by atoms with Crippen LogP contribution in [0.1, 0.15) is 19.8 Å². The van der Waals surface area contributed by atoms with E-state index in [4.69, 9.17) is 10.9 Å². The standard InChI is InChI=1S/C8H18N4O2/c1-2-4-11-8(13)3-5-10-6-7(9)12-14/h10,14H,2-6H2,1H3,(H2,9,12)(H,11,13). The van der Waals surface area contributed by atoms with Gasteiger partial charge in [0.25, 0.3) is 0 Å². The summed E-state index contributed by atoms with van der Waals surface area (Å²) in [6.45, 7) is 3.51. The maximum atomic E-state index is 11.1. The smallest absolute Gasteiger partial charge is 0.221 e. The molecule has 0 radical (unpaired) electrons. The van der Waals surface area contributed by atoms with E-state index in [0.29, 0.717) is 19.5 Å². The predicted octanol–water partition coefficient (Wildman–Crippen LogP) is -0.761. The summed E-state index contributed by atoms with van der Waals surface area (Å²) >= 11 is 0. The normalized spacial score (nSPS) is 11.4. The van der Waals surface area contributed by atoms with Gasteiger partial charge in [-0.05, 0) is 6.42 Å². The number of amides is 1. The summed E-state index contributed by atoms with van der Waals surface area (Å²) in [6, 6.07) is 0. The summed E-state index contributed by atoms with van der Waals surface area (Å²) in [5.41, 5.74) is 5.21. The van der Waals surface area contributed by atoms with E-state index in [9.17, 15) is 4.79 Å². The number of nitrogens with two attached hydrogens (primary N) is 1. The summed E-state index contributed by atoms with van der Waals surface area (Å²) in [7, 11) is 0. The SMILES string of the molecule is CCCNC(=O)CCNCC(N)=NO. The zero-order valence-electron chi connectivity index (χ0n) is 8.42. The van der Waals surface area contributed by atoms with Crippen LogP contribution in [0.3, 0.4) is 0 Å². The lowest BCUT2D eigenvalue weighted by Crippen LogP contribution is -2.33. The topological polar surface area (TPSA) is 99.7 Å². The molecule has 0 bridgehead atoms. The minimum absolute atomic E-state index is 0.0128. The summed E-state index contributed by atoms with van der Waals surface area (Å²) in [6.07, 6.45) is 1.34. The molecule has 0 rings (SSSR count). The molecule has 0 fully saturated rings. The molecule has 0 saturated heterocycles. The van der Waals surface area contributed by atoms with Gasteiger partial charge in [-0.2, -0.15) is 0 Å². The lowest BCUT2D eigenvalue weighted by molar-refractivity contribution is -0.120. The molecule has 6 nitrogen and oxygen atoms in total. The number of carbonyl (C=O) groups is 1. The molecule has 0 aliphatic carbocycles. The van der Waals surface area contributed by atoms with E-state index in [1.807, 2.05) is 6.92 Å². The molecule has 1 amide bonds. The molecule has 14 heavy (non-hydrogen) atoms. The minimum Gasteiger partial charge on any atom is -0.409 e. The monoisotopic (exact) mass is 202 g/mol. The maximum Gasteiger partial charge on any atom is 0.221 e. The number of hydrogen-bond acceptors (Lipinski definition) is 4. The third-order valence-corrected chi connectivity index (χ3v) is 1.54. The van der Waals surface area contributed by atoms with Gasteiger partial charge < -0.3 is 21.6 Å². The third kappa shape index (κ3) is 7.35. The van der Waals surface area contributed by atoms with E-state index in [0.717, 1.165) is 6.42 Å². The first kappa shape index (κ1) is 12.7. The Morgan fingerprint density at radius 3 is 2.79 bits per heavy atom. The number of nitrogens with zero attached hydrogens (tertiary/aromatic N) is 1. The van der Waals surface area contributed by atoms with Crippen LogP contribution in [0, 0.1) is 0 Å². The van der Waals surface area contributed by atoms with Crippen LogP contribution in [0.5, 0.6) is 0 Å². The van der Waals surface area contributed by atoms with Gasteiger partial charge in [0.2, 0.25) is 5.91 Å². The van der Waals surface area contributed by atoms with Crippen molar-refractivity contribution in [2.75, 3.05) is 19.6 Å². The first-order chi connectivity index (χ1) is 6.70. The summed E-state index contributed by atoms with van der Waals surface area (Å²) in [5.74, 6) is 0.123. The Morgan fingerprint density at radius 2 is 2.21 bits per heavy atom. The van der Waals surface area contributed by atoms with Gasteiger partial charge in [0.05, 0.1) is 6.54 Å². The van der Waals surface area contributed by atoms with Crippen molar-refractivity contribution < 1.29 is 10.0 Å². The van der Waals surface area contributed by atoms with Gasteiger partial charge in [0.15, 0.2) is 5.84 Å². The van der Waals surface area contributed by atoms with E-state index in [2.05, 4.69) is 15.8 Å². The van der Waals surface area contributed by atoms with E-state index in [1.54, 1.807) is 0 Å². The van der Waals surface area contributed by atoms with Gasteiger partial charge in [-0.25, -0.2) is 0 Å². The number of carbonyl (C=O) groups excluding carboxylic acids is 1. The van der Waals surface area contributed by atoms with Crippen molar-refractivity contribution in [3.63, 3.8) is 0 Å². The van der Waals surface area contributed by atoms with Crippen molar-refractivity contribution in [1.29, 1.82) is 0 Å². The highest BCUT2D eigenvalue weighted by Crippen LogP contribution is 1.78. The molecule has 0 saturated carbocycles. The van der Waals surface area contributed by atoms with Gasteiger partial charge in [-0.3, -0.25) is 4.79 Å². The highest BCUT2D eigenvalue weighted by atomic mass is 16.4. The first-order valence-electron chi connectivity index (χ1n) is 4.64. The van der Waals surface area contributed by atoms with E-state index in [-0.39, 0.29) is 18.3 Å². The van der Waals surface area contributed by atoms with Crippen LogP contribution in [0.4, 0.5) is 0 Å². The largest absolute Gasteiger partial charge is 0.409 e. The first-order valence-corrected chi connectivity index (χ1v) is 4.64. The average Bonchev–Trinajstić information content (AvgIpc) is 2.21. The Hall–Kier alpha value is -1.30. The van der Waals surface area contributed by atoms with E-state index in [1.165, 1.54) is 0 Å². The lowest BCUT2D eigenvalue weighted by Gasteiger charge is -2.04. The molecule has 0 aromatic carbocycles. The molecule has 0 spiro atoms. The Morgan fingerprint density at radius 1 is 1.50 bits per heavy atom. The van der Waals surface area contributed by atoms with Crippen LogP contribution in [0.15, 0.2) is 5.16 Å². The Balaban J connectivity index is 3.31. The van der Waals surface area contributed by atoms with Crippen molar-refractivity contribution in [2.24, 2.45) is 10.9 Å². The quantitative estimate of drug-likeness (QED) is 0.143. The third-order valence-electron chi connectivity index (χ3n) is 1.54. The number of nitrogens with one attached hydrogen (secondary N) is 2. The van der Waals surface area contributed by atoms with Gasteiger partial charge in [0.1, 0.15) is 0 Å². The zero-order chi connectivity index (χ0) is 10.8. The molecule has 0 aromatic heterocycles. The number of oxime groups is 1. The molecule has 0 atom stereocenters. The van der Waals surface area contributed by atoms with Crippen molar-refractivity contribution in [2.45, 2.75) is 19.8 Å². The van der Waals surface area contributed by atoms with E-state index >= 15 is 0 Å². The molecule has 0 aromatic rings. The maximum absolute atomic E-state index is 11.1. The highest BCUT2D eigenvalue weighted by molar-refractivity contribution is 5.81. The zero-order valence-corrected chi connectivity index (χ0v) is 8.42. The van der Waals surface area contributed by atoms with Crippen LogP contribution < -0.4 is 16.4 Å². The van der Waals surface area contributed by atoms with Crippen molar-refractivity contribution in [3.8, 4) is 0 Å². The molecule has 5 N–H and O–H groups in total. The number of rotatable bonds is 7. The molecule has 0 aliphatic rings. The van der Waals surface area contributed by atoms with Gasteiger partial charge in [-0.1, -0.05) is 12.1 Å². The fraction of sp³-hybridized carbons (Fsp3) is 0.750. The van der Waals surface area contributed by atoms with Crippen LogP contribution in [-0.4, -0.2) is 36.6 Å². The molecule has 0 unspecified atom stereocenters. The van der Waals surface area contributed by atoms with Crippen molar-refractivity contribution >= 4 is 11.7 Å². The van der Waals surface area contributed by atoms with Crippen molar-refractivity contribution in [1.82, 2.24) is 10.6 Å². The Labute approximate surface area is 83.5 Å². The second-order valence-electron chi connectivity index (χ2n) is 2.87. The fourth-order valence-electron chi connectivity index (χ4n) is 0.807. The van der Waals surface area contributed by atoms with Gasteiger partial charge >= 0.3 is 0 Å². The highest BCUT2D eigenvalue weighted by Gasteiger charge is 1.99. The second kappa shape index (κ2) is 8.31. The van der Waals surface area contributed by atoms with Gasteiger partial charge in [0, 0.05) is 19.5 Å². The van der Waals surface area contributed by atoms with Crippen LogP contribution in [0.25, 0.3) is 0 Å². The minimum atomic E-state index is 0.0128. The average molecular weight is 202 g/mol. The second-order valence-corrected chi connectivity index (χ2v) is 2.87. The number of amidine groups is 1.